The Bertz CT molecular complexity index is 1030. The molecule has 168 valence electrons. The van der Waals surface area contributed by atoms with Gasteiger partial charge in [-0.05, 0) is 31.2 Å². The summed E-state index contributed by atoms with van der Waals surface area (Å²) < 4.78 is 11.2. The molecule has 31 heavy (non-hydrogen) atoms. The maximum atomic E-state index is 2.32. The van der Waals surface area contributed by atoms with E-state index in [2.05, 4.69) is 144 Å². The van der Waals surface area contributed by atoms with E-state index in [0.29, 0.717) is 0 Å². The molecule has 0 radical (unpaired) electrons. The molecule has 3 aromatic heterocycles. The fourth-order valence-corrected chi connectivity index (χ4v) is 3.77. The summed E-state index contributed by atoms with van der Waals surface area (Å²) in [6, 6.07) is 4.65. The normalized spacial score (nSPS) is 13.2. The molecular formula is C26H42N5+3. The Labute approximate surface area is 188 Å². The summed E-state index contributed by atoms with van der Waals surface area (Å²) in [4.78, 5) is 0. The van der Waals surface area contributed by atoms with Gasteiger partial charge in [-0.25, -0.2) is 4.57 Å². The van der Waals surface area contributed by atoms with Gasteiger partial charge in [-0.15, -0.1) is 0 Å². The van der Waals surface area contributed by atoms with E-state index in [1.165, 1.54) is 16.7 Å². The van der Waals surface area contributed by atoms with Crippen molar-refractivity contribution in [2.75, 3.05) is 0 Å². The Morgan fingerprint density at radius 1 is 0.548 bits per heavy atom. The largest absolute Gasteiger partial charge is 0.289 e. The molecule has 5 heteroatoms. The van der Waals surface area contributed by atoms with Crippen LogP contribution in [0.2, 0.25) is 0 Å². The highest BCUT2D eigenvalue weighted by Crippen LogP contribution is 2.27. The van der Waals surface area contributed by atoms with Crippen LogP contribution in [0.3, 0.4) is 0 Å². The standard InChI is InChI=1S/C26H42N5/c1-24(2,3)19-13-22(30-17-20(15-27(30)10)25(4,5)6)29(12)23(14-19)31-18-21(16-28(31)11)26(7,8)9/h13-18H,1-12H3/q+3. The third-order valence-electron chi connectivity index (χ3n) is 6.18. The fraction of sp³-hybridized carbons (Fsp3) is 0.577. The van der Waals surface area contributed by atoms with Crippen molar-refractivity contribution in [2.45, 2.75) is 78.6 Å². The number of hydrogen-bond acceptors (Lipinski definition) is 0. The van der Waals surface area contributed by atoms with Crippen molar-refractivity contribution in [3.05, 3.63) is 53.6 Å². The minimum atomic E-state index is 0.0366. The second kappa shape index (κ2) is 7.32. The highest BCUT2D eigenvalue weighted by molar-refractivity contribution is 5.35. The Morgan fingerprint density at radius 3 is 1.13 bits per heavy atom. The van der Waals surface area contributed by atoms with E-state index < -0.39 is 0 Å². The van der Waals surface area contributed by atoms with Gasteiger partial charge in [0, 0.05) is 12.1 Å². The van der Waals surface area contributed by atoms with Crippen molar-refractivity contribution >= 4 is 0 Å². The molecule has 3 rings (SSSR count). The molecule has 0 saturated heterocycles. The average Bonchev–Trinajstić information content (AvgIpc) is 3.17. The van der Waals surface area contributed by atoms with E-state index in [9.17, 15) is 0 Å². The molecule has 0 amide bonds. The summed E-state index contributed by atoms with van der Waals surface area (Å²) in [5.41, 5.74) is 4.18. The van der Waals surface area contributed by atoms with Crippen LogP contribution in [0.25, 0.3) is 11.6 Å². The lowest BCUT2D eigenvalue weighted by Crippen LogP contribution is -2.50. The molecular weight excluding hydrogens is 382 g/mol. The van der Waals surface area contributed by atoms with Crippen LogP contribution in [0.15, 0.2) is 36.9 Å². The molecule has 0 aliphatic carbocycles. The number of aryl methyl sites for hydroxylation is 2. The van der Waals surface area contributed by atoms with E-state index in [4.69, 9.17) is 0 Å². The summed E-state index contributed by atoms with van der Waals surface area (Å²) in [6.45, 7) is 20.4. The predicted molar refractivity (Wildman–Crippen MR) is 125 cm³/mol. The van der Waals surface area contributed by atoms with Crippen LogP contribution in [-0.4, -0.2) is 9.36 Å². The molecule has 0 N–H and O–H groups in total. The summed E-state index contributed by atoms with van der Waals surface area (Å²) in [6.07, 6.45) is 9.00. The first-order chi connectivity index (χ1) is 14.0. The lowest BCUT2D eigenvalue weighted by atomic mass is 9.87. The van der Waals surface area contributed by atoms with Gasteiger partial charge in [-0.2, -0.15) is 0 Å². The minimum Gasteiger partial charge on any atom is -0.226 e. The van der Waals surface area contributed by atoms with Gasteiger partial charge in [0.2, 0.25) is 12.4 Å². The second-order valence-electron chi connectivity index (χ2n) is 12.0. The summed E-state index contributed by atoms with van der Waals surface area (Å²) in [5.74, 6) is 2.29. The SMILES string of the molecule is C[n+]1c(-n2cc(C(C)(C)C)c[n+]2C)cc(C(C)(C)C)cc1-n1cc(C(C)(C)C)c[n+]1C. The fourth-order valence-electron chi connectivity index (χ4n) is 3.77. The first kappa shape index (κ1) is 23.2. The molecule has 0 unspecified atom stereocenters. The van der Waals surface area contributed by atoms with Gasteiger partial charge in [0.05, 0.1) is 18.2 Å². The molecule has 0 spiro atoms. The van der Waals surface area contributed by atoms with Crippen molar-refractivity contribution in [3.8, 4) is 11.6 Å². The molecule has 3 heterocycles. The van der Waals surface area contributed by atoms with Crippen molar-refractivity contribution in [2.24, 2.45) is 21.1 Å². The zero-order chi connectivity index (χ0) is 23.5. The molecule has 5 nitrogen and oxygen atoms in total. The first-order valence-electron chi connectivity index (χ1n) is 11.2. The van der Waals surface area contributed by atoms with E-state index in [1.54, 1.807) is 0 Å². The monoisotopic (exact) mass is 424 g/mol. The quantitative estimate of drug-likeness (QED) is 0.561. The molecule has 0 aliphatic heterocycles. The number of aromatic nitrogens is 5. The zero-order valence-electron chi connectivity index (χ0n) is 21.7. The van der Waals surface area contributed by atoms with Gasteiger partial charge in [-0.1, -0.05) is 71.7 Å². The van der Waals surface area contributed by atoms with Gasteiger partial charge >= 0.3 is 0 Å². The van der Waals surface area contributed by atoms with Crippen molar-refractivity contribution < 1.29 is 13.9 Å². The van der Waals surface area contributed by atoms with E-state index in [0.717, 1.165) is 11.6 Å². The Kier molecular flexibility index (Phi) is 5.49. The Hall–Kier alpha value is -2.43. The highest BCUT2D eigenvalue weighted by atomic mass is 15.5. The molecule has 0 atom stereocenters. The van der Waals surface area contributed by atoms with Crippen LogP contribution in [0.4, 0.5) is 0 Å². The Balaban J connectivity index is 2.31. The average molecular weight is 425 g/mol. The van der Waals surface area contributed by atoms with Gasteiger partial charge in [-0.3, -0.25) is 0 Å². The maximum Gasteiger partial charge on any atom is 0.289 e. The first-order valence-corrected chi connectivity index (χ1v) is 11.2. The van der Waals surface area contributed by atoms with Gasteiger partial charge < -0.3 is 0 Å². The molecule has 0 aromatic carbocycles. The van der Waals surface area contributed by atoms with Crippen LogP contribution in [0.5, 0.6) is 0 Å². The number of nitrogens with zero attached hydrogens (tertiary/aromatic N) is 5. The lowest BCUT2D eigenvalue weighted by molar-refractivity contribution is -0.779. The van der Waals surface area contributed by atoms with Gasteiger partial charge in [0.25, 0.3) is 11.6 Å². The third kappa shape index (κ3) is 4.46. The van der Waals surface area contributed by atoms with E-state index in [-0.39, 0.29) is 16.2 Å². The third-order valence-corrected chi connectivity index (χ3v) is 6.18. The highest BCUT2D eigenvalue weighted by Gasteiger charge is 2.32. The lowest BCUT2D eigenvalue weighted by Gasteiger charge is -2.20. The number of pyridine rings is 1. The van der Waals surface area contributed by atoms with Crippen LogP contribution in [-0.2, 0) is 37.4 Å². The van der Waals surface area contributed by atoms with Crippen LogP contribution >= 0.6 is 0 Å². The van der Waals surface area contributed by atoms with E-state index >= 15 is 0 Å². The molecule has 3 aromatic rings. The van der Waals surface area contributed by atoms with Gasteiger partial charge in [0.1, 0.15) is 12.4 Å². The Morgan fingerprint density at radius 2 is 0.871 bits per heavy atom. The summed E-state index contributed by atoms with van der Waals surface area (Å²) in [5, 5.41) is 0. The summed E-state index contributed by atoms with van der Waals surface area (Å²) >= 11 is 0. The predicted octanol–water partition coefficient (Wildman–Crippen LogP) is 3.63. The van der Waals surface area contributed by atoms with Crippen LogP contribution in [0.1, 0.15) is 79.0 Å². The topological polar surface area (TPSA) is 21.5 Å². The molecule has 0 bridgehead atoms. The number of rotatable bonds is 2. The van der Waals surface area contributed by atoms with Gasteiger partial charge in [0.15, 0.2) is 14.1 Å². The smallest absolute Gasteiger partial charge is 0.226 e. The van der Waals surface area contributed by atoms with Crippen LogP contribution < -0.4 is 13.9 Å². The van der Waals surface area contributed by atoms with Crippen LogP contribution in [0, 0.1) is 0 Å². The van der Waals surface area contributed by atoms with E-state index in [1.807, 2.05) is 0 Å². The van der Waals surface area contributed by atoms with Crippen molar-refractivity contribution in [1.29, 1.82) is 0 Å². The minimum absolute atomic E-state index is 0.0366. The zero-order valence-corrected chi connectivity index (χ0v) is 21.7. The van der Waals surface area contributed by atoms with Crippen molar-refractivity contribution in [3.63, 3.8) is 0 Å². The molecule has 0 fully saturated rings. The number of hydrogen-bond donors (Lipinski definition) is 0. The maximum absolute atomic E-state index is 2.32. The second-order valence-corrected chi connectivity index (χ2v) is 12.0. The molecule has 0 saturated carbocycles. The summed E-state index contributed by atoms with van der Waals surface area (Å²) in [7, 11) is 6.39. The molecule has 0 aliphatic rings. The van der Waals surface area contributed by atoms with Crippen molar-refractivity contribution in [1.82, 2.24) is 9.36 Å².